The molecular weight excluding hydrogens is 733 g/mol. The van der Waals surface area contributed by atoms with Gasteiger partial charge in [-0.2, -0.15) is 0 Å². The predicted octanol–water partition coefficient (Wildman–Crippen LogP) is 15.9. The van der Waals surface area contributed by atoms with E-state index in [4.69, 9.17) is 14.2 Å². The Morgan fingerprint density at radius 2 is 0.729 bits per heavy atom. The van der Waals surface area contributed by atoms with Gasteiger partial charge in [0.2, 0.25) is 0 Å². The van der Waals surface area contributed by atoms with Crippen molar-refractivity contribution in [2.24, 2.45) is 0 Å². The summed E-state index contributed by atoms with van der Waals surface area (Å²) in [7, 11) is 0. The van der Waals surface area contributed by atoms with Gasteiger partial charge in [-0.25, -0.2) is 0 Å². The van der Waals surface area contributed by atoms with Gasteiger partial charge in [0.25, 0.3) is 0 Å². The largest absolute Gasteiger partial charge is 0.462 e. The van der Waals surface area contributed by atoms with Crippen LogP contribution in [-0.4, -0.2) is 37.2 Å². The number of allylic oxidation sites excluding steroid dienone is 12. The van der Waals surface area contributed by atoms with Crippen molar-refractivity contribution in [3.05, 3.63) is 72.9 Å². The van der Waals surface area contributed by atoms with E-state index in [0.717, 1.165) is 96.3 Å². The minimum atomic E-state index is -0.817. The molecule has 0 bridgehead atoms. The topological polar surface area (TPSA) is 78.9 Å². The van der Waals surface area contributed by atoms with Crippen molar-refractivity contribution in [1.29, 1.82) is 0 Å². The Kier molecular flexibility index (Phi) is 45.0. The quantitative estimate of drug-likeness (QED) is 0.0200. The van der Waals surface area contributed by atoms with E-state index in [1.54, 1.807) is 0 Å². The Labute approximate surface area is 363 Å². The first-order valence-corrected chi connectivity index (χ1v) is 24.5. The standard InChI is InChI=1S/C53H90O6/c1-4-7-10-13-16-19-22-24-25-26-27-28-30-31-34-37-40-43-46-52(55)58-49-50(48-57-51(54)45-42-39-36-33-21-18-15-12-9-6-3)59-53(56)47-44-41-38-35-32-29-23-20-17-14-11-8-5-2/h15,18,22,24-29,32,38,41,50H,4-14,16-17,19-21,23,30-31,33-37,39-40,42-49H2,1-3H3/b18-15-,24-22-,26-25-,28-27-,32-29-,41-38-. The molecule has 0 aliphatic carbocycles. The zero-order valence-electron chi connectivity index (χ0n) is 38.5. The van der Waals surface area contributed by atoms with Gasteiger partial charge in [-0.3, -0.25) is 14.4 Å². The summed E-state index contributed by atoms with van der Waals surface area (Å²) in [6, 6.07) is 0. The van der Waals surface area contributed by atoms with Crippen molar-refractivity contribution >= 4 is 17.9 Å². The number of hydrogen-bond acceptors (Lipinski definition) is 6. The van der Waals surface area contributed by atoms with Crippen LogP contribution in [0.2, 0.25) is 0 Å². The molecule has 0 fully saturated rings. The van der Waals surface area contributed by atoms with E-state index in [-0.39, 0.29) is 37.5 Å². The van der Waals surface area contributed by atoms with Crippen molar-refractivity contribution in [3.63, 3.8) is 0 Å². The average Bonchev–Trinajstić information content (AvgIpc) is 3.23. The Bertz CT molecular complexity index is 1130. The molecule has 338 valence electrons. The van der Waals surface area contributed by atoms with Crippen LogP contribution in [0.15, 0.2) is 72.9 Å². The van der Waals surface area contributed by atoms with Crippen LogP contribution in [-0.2, 0) is 28.6 Å². The molecule has 0 N–H and O–H groups in total. The molecule has 6 heteroatoms. The first-order chi connectivity index (χ1) is 29.0. The van der Waals surface area contributed by atoms with Crippen molar-refractivity contribution < 1.29 is 28.6 Å². The Balaban J connectivity index is 4.46. The van der Waals surface area contributed by atoms with Gasteiger partial charge >= 0.3 is 17.9 Å². The highest BCUT2D eigenvalue weighted by atomic mass is 16.6. The van der Waals surface area contributed by atoms with Gasteiger partial charge < -0.3 is 14.2 Å². The van der Waals surface area contributed by atoms with Gasteiger partial charge in [-0.1, -0.05) is 196 Å². The number of carbonyl (C=O) groups is 3. The first kappa shape index (κ1) is 55.9. The lowest BCUT2D eigenvalue weighted by atomic mass is 10.1. The first-order valence-electron chi connectivity index (χ1n) is 24.5. The molecule has 0 saturated carbocycles. The maximum Gasteiger partial charge on any atom is 0.306 e. The van der Waals surface area contributed by atoms with Gasteiger partial charge in [0.1, 0.15) is 13.2 Å². The molecule has 59 heavy (non-hydrogen) atoms. The Morgan fingerprint density at radius 3 is 1.20 bits per heavy atom. The highest BCUT2D eigenvalue weighted by Gasteiger charge is 2.19. The van der Waals surface area contributed by atoms with Crippen LogP contribution in [0.4, 0.5) is 0 Å². The van der Waals surface area contributed by atoms with Gasteiger partial charge in [0.05, 0.1) is 0 Å². The van der Waals surface area contributed by atoms with Crippen LogP contribution in [0, 0.1) is 0 Å². The van der Waals surface area contributed by atoms with E-state index in [0.29, 0.717) is 19.3 Å². The summed E-state index contributed by atoms with van der Waals surface area (Å²) < 4.78 is 16.6. The van der Waals surface area contributed by atoms with Crippen LogP contribution in [0.3, 0.4) is 0 Å². The zero-order valence-corrected chi connectivity index (χ0v) is 38.5. The summed E-state index contributed by atoms with van der Waals surface area (Å²) in [4.78, 5) is 37.8. The molecule has 0 saturated heterocycles. The monoisotopic (exact) mass is 823 g/mol. The third kappa shape index (κ3) is 45.8. The van der Waals surface area contributed by atoms with Crippen LogP contribution in [0.5, 0.6) is 0 Å². The fraction of sp³-hybridized carbons (Fsp3) is 0.717. The summed E-state index contributed by atoms with van der Waals surface area (Å²) in [6.45, 7) is 6.48. The van der Waals surface area contributed by atoms with Crippen molar-refractivity contribution in [1.82, 2.24) is 0 Å². The van der Waals surface area contributed by atoms with Gasteiger partial charge in [0, 0.05) is 19.3 Å². The summed E-state index contributed by atoms with van der Waals surface area (Å²) >= 11 is 0. The fourth-order valence-electron chi connectivity index (χ4n) is 6.48. The molecule has 0 amide bonds. The highest BCUT2D eigenvalue weighted by Crippen LogP contribution is 2.12. The molecule has 0 radical (unpaired) electrons. The molecule has 0 spiro atoms. The highest BCUT2D eigenvalue weighted by molar-refractivity contribution is 5.71. The molecule has 0 aliphatic rings. The number of esters is 3. The SMILES string of the molecule is CCCC/C=C\CCCCCCC(=O)OCC(COC(=O)CCCCCCC\C=C/C=C\C=C/CCCCCCC)OC(=O)CC/C=C\C/C=C\CCCCCCCC. The van der Waals surface area contributed by atoms with Gasteiger partial charge in [-0.15, -0.1) is 0 Å². The molecule has 0 aliphatic heterocycles. The van der Waals surface area contributed by atoms with E-state index in [1.165, 1.54) is 83.5 Å². The normalized spacial score (nSPS) is 12.7. The van der Waals surface area contributed by atoms with Gasteiger partial charge in [0.15, 0.2) is 6.10 Å². The molecular formula is C53H90O6. The third-order valence-corrected chi connectivity index (χ3v) is 10.2. The number of hydrogen-bond donors (Lipinski definition) is 0. The number of ether oxygens (including phenoxy) is 3. The maximum absolute atomic E-state index is 12.7. The predicted molar refractivity (Wildman–Crippen MR) is 251 cm³/mol. The maximum atomic E-state index is 12.7. The average molecular weight is 823 g/mol. The lowest BCUT2D eigenvalue weighted by molar-refractivity contribution is -0.166. The number of rotatable bonds is 43. The van der Waals surface area contributed by atoms with Gasteiger partial charge in [-0.05, 0) is 83.5 Å². The van der Waals surface area contributed by atoms with Crippen LogP contribution in [0.25, 0.3) is 0 Å². The molecule has 0 aromatic rings. The molecule has 6 nitrogen and oxygen atoms in total. The summed E-state index contributed by atoms with van der Waals surface area (Å²) in [6.07, 6.45) is 59.0. The lowest BCUT2D eigenvalue weighted by Crippen LogP contribution is -2.30. The summed E-state index contributed by atoms with van der Waals surface area (Å²) in [5.74, 6) is -1.02. The summed E-state index contributed by atoms with van der Waals surface area (Å²) in [5.41, 5.74) is 0. The zero-order chi connectivity index (χ0) is 43.0. The van der Waals surface area contributed by atoms with E-state index in [9.17, 15) is 14.4 Å². The number of unbranched alkanes of at least 4 members (excludes halogenated alkanes) is 22. The second-order valence-corrected chi connectivity index (χ2v) is 16.1. The Morgan fingerprint density at radius 1 is 0.356 bits per heavy atom. The molecule has 0 rings (SSSR count). The Hall–Kier alpha value is -3.15. The molecule has 1 atom stereocenters. The molecule has 0 aromatic heterocycles. The summed E-state index contributed by atoms with van der Waals surface area (Å²) in [5, 5.41) is 0. The number of carbonyl (C=O) groups excluding carboxylic acids is 3. The van der Waals surface area contributed by atoms with E-state index >= 15 is 0 Å². The van der Waals surface area contributed by atoms with E-state index < -0.39 is 6.10 Å². The minimum absolute atomic E-state index is 0.111. The van der Waals surface area contributed by atoms with Crippen LogP contribution in [0.1, 0.15) is 226 Å². The molecule has 0 aromatic carbocycles. The van der Waals surface area contributed by atoms with E-state index in [2.05, 4.69) is 87.6 Å². The van der Waals surface area contributed by atoms with E-state index in [1.807, 2.05) is 6.08 Å². The fourth-order valence-corrected chi connectivity index (χ4v) is 6.48. The third-order valence-electron chi connectivity index (χ3n) is 10.2. The van der Waals surface area contributed by atoms with Crippen molar-refractivity contribution in [2.75, 3.05) is 13.2 Å². The van der Waals surface area contributed by atoms with Crippen molar-refractivity contribution in [3.8, 4) is 0 Å². The molecule has 0 heterocycles. The second kappa shape index (κ2) is 47.5. The minimum Gasteiger partial charge on any atom is -0.462 e. The van der Waals surface area contributed by atoms with Crippen LogP contribution >= 0.6 is 0 Å². The van der Waals surface area contributed by atoms with Crippen molar-refractivity contribution in [2.45, 2.75) is 232 Å². The molecule has 1 unspecified atom stereocenters. The smallest absolute Gasteiger partial charge is 0.306 e. The van der Waals surface area contributed by atoms with Crippen LogP contribution < -0.4 is 0 Å². The second-order valence-electron chi connectivity index (χ2n) is 16.1. The lowest BCUT2D eigenvalue weighted by Gasteiger charge is -2.18.